The van der Waals surface area contributed by atoms with E-state index in [9.17, 15) is 19.7 Å². The highest BCUT2D eigenvalue weighted by atomic mass is 16.6. The second kappa shape index (κ2) is 8.22. The Kier molecular flexibility index (Phi) is 5.74. The number of nitro benzene ring substituents is 1. The number of pyridine rings is 1. The molecule has 1 aliphatic heterocycles. The van der Waals surface area contributed by atoms with Crippen LogP contribution in [0.5, 0.6) is 0 Å². The Labute approximate surface area is 161 Å². The Morgan fingerprint density at radius 2 is 2.00 bits per heavy atom. The number of rotatable bonds is 5. The maximum atomic E-state index is 12.8. The summed E-state index contributed by atoms with van der Waals surface area (Å²) in [6.07, 6.45) is 0. The predicted octanol–water partition coefficient (Wildman–Crippen LogP) is 1.67. The molecule has 3 rings (SSSR count). The fourth-order valence-electron chi connectivity index (χ4n) is 3.26. The van der Waals surface area contributed by atoms with Gasteiger partial charge < -0.3 is 19.9 Å². The number of amides is 1. The van der Waals surface area contributed by atoms with E-state index in [4.69, 9.17) is 4.74 Å². The average molecular weight is 386 g/mol. The number of aromatic nitrogens is 1. The molecule has 0 spiro atoms. The first-order valence-electron chi connectivity index (χ1n) is 8.95. The van der Waals surface area contributed by atoms with Crippen LogP contribution in [-0.4, -0.2) is 42.1 Å². The second-order valence-electron chi connectivity index (χ2n) is 6.68. The van der Waals surface area contributed by atoms with Crippen molar-refractivity contribution in [2.45, 2.75) is 20.4 Å². The van der Waals surface area contributed by atoms with E-state index < -0.39 is 10.8 Å². The van der Waals surface area contributed by atoms with Crippen LogP contribution in [0.15, 0.2) is 29.1 Å². The monoisotopic (exact) mass is 386 g/mol. The largest absolute Gasteiger partial charge is 0.378 e. The Balaban J connectivity index is 1.88. The zero-order valence-corrected chi connectivity index (χ0v) is 15.8. The van der Waals surface area contributed by atoms with Crippen LogP contribution in [-0.2, 0) is 11.3 Å². The number of aromatic amines is 1. The zero-order valence-electron chi connectivity index (χ0n) is 15.8. The molecule has 1 aliphatic rings. The van der Waals surface area contributed by atoms with Crippen LogP contribution in [0.1, 0.15) is 27.2 Å². The first-order valence-corrected chi connectivity index (χ1v) is 8.95. The first-order chi connectivity index (χ1) is 13.4. The molecule has 28 heavy (non-hydrogen) atoms. The summed E-state index contributed by atoms with van der Waals surface area (Å²) >= 11 is 0. The van der Waals surface area contributed by atoms with Crippen LogP contribution < -0.4 is 15.8 Å². The maximum Gasteiger partial charge on any atom is 0.270 e. The summed E-state index contributed by atoms with van der Waals surface area (Å²) in [4.78, 5) is 40.3. The molecule has 0 atom stereocenters. The molecule has 9 nitrogen and oxygen atoms in total. The van der Waals surface area contributed by atoms with Gasteiger partial charge in [-0.05, 0) is 31.5 Å². The van der Waals surface area contributed by atoms with Crippen LogP contribution >= 0.6 is 0 Å². The lowest BCUT2D eigenvalue weighted by atomic mass is 10.1. The summed E-state index contributed by atoms with van der Waals surface area (Å²) in [7, 11) is 0. The number of anilines is 1. The summed E-state index contributed by atoms with van der Waals surface area (Å²) in [6.45, 7) is 5.85. The highest BCUT2D eigenvalue weighted by molar-refractivity contribution is 6.00. The van der Waals surface area contributed by atoms with Crippen molar-refractivity contribution in [1.82, 2.24) is 10.3 Å². The minimum absolute atomic E-state index is 0.0333. The molecule has 2 aromatic rings. The molecule has 1 amide bonds. The molecule has 1 aromatic carbocycles. The Hall–Kier alpha value is -3.20. The van der Waals surface area contributed by atoms with Crippen molar-refractivity contribution in [2.24, 2.45) is 0 Å². The number of nitro groups is 1. The van der Waals surface area contributed by atoms with Gasteiger partial charge in [0.25, 0.3) is 17.2 Å². The van der Waals surface area contributed by atoms with Crippen LogP contribution in [0.3, 0.4) is 0 Å². The van der Waals surface area contributed by atoms with E-state index in [1.54, 1.807) is 19.9 Å². The van der Waals surface area contributed by atoms with Gasteiger partial charge in [-0.25, -0.2) is 0 Å². The van der Waals surface area contributed by atoms with Gasteiger partial charge in [-0.15, -0.1) is 0 Å². The van der Waals surface area contributed by atoms with Gasteiger partial charge in [-0.3, -0.25) is 19.7 Å². The van der Waals surface area contributed by atoms with Crippen molar-refractivity contribution < 1.29 is 14.5 Å². The molecule has 1 aromatic heterocycles. The van der Waals surface area contributed by atoms with Crippen LogP contribution in [0.25, 0.3) is 0 Å². The lowest BCUT2D eigenvalue weighted by Gasteiger charge is -2.30. The molecule has 0 radical (unpaired) electrons. The standard InChI is InChI=1S/C19H22N4O5/c1-12-9-13(2)21-19(25)16(12)11-20-18(24)15-10-14(23(26)27)3-4-17(15)22-5-7-28-8-6-22/h3-4,9-10H,5-8,11H2,1-2H3,(H,20,24)(H,21,25). The van der Waals surface area contributed by atoms with Gasteiger partial charge >= 0.3 is 0 Å². The summed E-state index contributed by atoms with van der Waals surface area (Å²) in [5, 5.41) is 13.9. The van der Waals surface area contributed by atoms with E-state index in [0.29, 0.717) is 37.6 Å². The second-order valence-corrected chi connectivity index (χ2v) is 6.68. The van der Waals surface area contributed by atoms with E-state index in [-0.39, 0.29) is 23.4 Å². The molecular formula is C19H22N4O5. The number of carbonyl (C=O) groups excluding carboxylic acids is 1. The number of ether oxygens (including phenoxy) is 1. The smallest absolute Gasteiger partial charge is 0.270 e. The highest BCUT2D eigenvalue weighted by Crippen LogP contribution is 2.26. The van der Waals surface area contributed by atoms with E-state index in [0.717, 1.165) is 11.3 Å². The summed E-state index contributed by atoms with van der Waals surface area (Å²) in [5.74, 6) is -0.468. The zero-order chi connectivity index (χ0) is 20.3. The van der Waals surface area contributed by atoms with Gasteiger partial charge in [0.1, 0.15) is 0 Å². The Morgan fingerprint density at radius 1 is 1.29 bits per heavy atom. The summed E-state index contributed by atoms with van der Waals surface area (Å²) < 4.78 is 5.34. The van der Waals surface area contributed by atoms with Gasteiger partial charge in [-0.2, -0.15) is 0 Å². The lowest BCUT2D eigenvalue weighted by molar-refractivity contribution is -0.384. The predicted molar refractivity (Wildman–Crippen MR) is 104 cm³/mol. The van der Waals surface area contributed by atoms with Gasteiger partial charge in [0, 0.05) is 43.0 Å². The van der Waals surface area contributed by atoms with Crippen molar-refractivity contribution in [3.05, 3.63) is 67.1 Å². The number of hydrogen-bond acceptors (Lipinski definition) is 6. The number of carbonyl (C=O) groups is 1. The van der Waals surface area contributed by atoms with Gasteiger partial charge in [0.2, 0.25) is 0 Å². The maximum absolute atomic E-state index is 12.8. The van der Waals surface area contributed by atoms with Crippen molar-refractivity contribution in [2.75, 3.05) is 31.2 Å². The van der Waals surface area contributed by atoms with E-state index in [1.165, 1.54) is 12.1 Å². The van der Waals surface area contributed by atoms with E-state index in [1.807, 2.05) is 11.0 Å². The van der Waals surface area contributed by atoms with Crippen molar-refractivity contribution >= 4 is 17.3 Å². The number of aryl methyl sites for hydroxylation is 2. The van der Waals surface area contributed by atoms with Crippen molar-refractivity contribution in [3.8, 4) is 0 Å². The summed E-state index contributed by atoms with van der Waals surface area (Å²) in [6, 6.07) is 6.07. The third-order valence-corrected chi connectivity index (χ3v) is 4.71. The van der Waals surface area contributed by atoms with E-state index in [2.05, 4.69) is 10.3 Å². The highest BCUT2D eigenvalue weighted by Gasteiger charge is 2.22. The van der Waals surface area contributed by atoms with Crippen molar-refractivity contribution in [3.63, 3.8) is 0 Å². The quantitative estimate of drug-likeness (QED) is 0.596. The van der Waals surface area contributed by atoms with Gasteiger partial charge in [0.15, 0.2) is 0 Å². The Bertz CT molecular complexity index is 963. The van der Waals surface area contributed by atoms with Crippen molar-refractivity contribution in [1.29, 1.82) is 0 Å². The van der Waals surface area contributed by atoms with Crippen LogP contribution in [0.4, 0.5) is 11.4 Å². The molecule has 2 heterocycles. The molecule has 2 N–H and O–H groups in total. The minimum atomic E-state index is -0.533. The number of hydrogen-bond donors (Lipinski definition) is 2. The summed E-state index contributed by atoms with van der Waals surface area (Å²) in [5.41, 5.74) is 2.37. The molecule has 0 aliphatic carbocycles. The number of nitrogens with zero attached hydrogens (tertiary/aromatic N) is 2. The third kappa shape index (κ3) is 4.20. The lowest BCUT2D eigenvalue weighted by Crippen LogP contribution is -2.38. The fourth-order valence-corrected chi connectivity index (χ4v) is 3.26. The first kappa shape index (κ1) is 19.6. The third-order valence-electron chi connectivity index (χ3n) is 4.71. The minimum Gasteiger partial charge on any atom is -0.378 e. The molecule has 1 saturated heterocycles. The molecule has 1 fully saturated rings. The number of H-pyrrole nitrogens is 1. The number of nitrogens with one attached hydrogen (secondary N) is 2. The Morgan fingerprint density at radius 3 is 2.64 bits per heavy atom. The normalized spacial score (nSPS) is 14.0. The molecule has 0 bridgehead atoms. The van der Waals surface area contributed by atoms with E-state index >= 15 is 0 Å². The van der Waals surface area contributed by atoms with Gasteiger partial charge in [0.05, 0.1) is 29.4 Å². The van der Waals surface area contributed by atoms with Crippen LogP contribution in [0, 0.1) is 24.0 Å². The molecular weight excluding hydrogens is 364 g/mol. The van der Waals surface area contributed by atoms with Gasteiger partial charge in [-0.1, -0.05) is 0 Å². The van der Waals surface area contributed by atoms with Crippen LogP contribution in [0.2, 0.25) is 0 Å². The molecule has 148 valence electrons. The average Bonchev–Trinajstić information content (AvgIpc) is 2.67. The number of non-ortho nitro benzene ring substituents is 1. The number of morpholine rings is 1. The SMILES string of the molecule is Cc1cc(C)c(CNC(=O)c2cc([N+](=O)[O-])ccc2N2CCOCC2)c(=O)[nH]1. The fraction of sp³-hybridized carbons (Fsp3) is 0.368. The molecule has 0 unspecified atom stereocenters. The molecule has 9 heteroatoms. The topological polar surface area (TPSA) is 118 Å². The molecule has 0 saturated carbocycles. The number of benzene rings is 1.